The first-order valence-corrected chi connectivity index (χ1v) is 5.19. The van der Waals surface area contributed by atoms with E-state index < -0.39 is 0 Å². The first-order chi connectivity index (χ1) is 6.95. The third-order valence-electron chi connectivity index (χ3n) is 2.47. The number of nitrogens with two attached hydrogens (primary N) is 3. The average molecular weight is 201 g/mol. The summed E-state index contributed by atoms with van der Waals surface area (Å²) >= 11 is 0. The normalized spacial score (nSPS) is 18.1. The van der Waals surface area contributed by atoms with Crippen LogP contribution in [0, 0.1) is 0 Å². The highest BCUT2D eigenvalue weighted by Gasteiger charge is 2.42. The zero-order valence-corrected chi connectivity index (χ0v) is 9.59. The molecule has 1 aliphatic rings. The summed E-state index contributed by atoms with van der Waals surface area (Å²) in [5, 5.41) is 3.02. The lowest BCUT2D eigenvalue weighted by molar-refractivity contribution is 0.844. The predicted molar refractivity (Wildman–Crippen MR) is 71.5 cm³/mol. The summed E-state index contributed by atoms with van der Waals surface area (Å²) in [5.41, 5.74) is 17.7. The number of hydrogen-bond donors (Lipinski definition) is 4. The Bertz CT molecular complexity index is 185. The standard InChI is InChI=1S/C3H16B6N6/c1-6(10)9-14(7(2)11)4-13-5-15(9)8(3)12/h13H,10-12H2,1-3H3. The minimum atomic E-state index is -0.108. The van der Waals surface area contributed by atoms with Crippen LogP contribution in [0.5, 0.6) is 0 Å². The molecule has 2 radical (unpaired) electrons. The lowest BCUT2D eigenvalue weighted by Crippen LogP contribution is -2.80. The predicted octanol–water partition coefficient (Wildman–Crippen LogP) is -3.44. The highest BCUT2D eigenvalue weighted by atomic mass is 15.2. The smallest absolute Gasteiger partial charge is 0.280 e. The molecule has 1 heterocycles. The fourth-order valence-corrected chi connectivity index (χ4v) is 1.77. The van der Waals surface area contributed by atoms with Gasteiger partial charge in [-0.3, -0.25) is 0 Å². The van der Waals surface area contributed by atoms with E-state index in [-0.39, 0.29) is 27.6 Å². The Morgan fingerprint density at radius 3 is 1.67 bits per heavy atom. The van der Waals surface area contributed by atoms with Gasteiger partial charge in [0.15, 0.2) is 0 Å². The van der Waals surface area contributed by atoms with Gasteiger partial charge >= 0.3 is 0 Å². The van der Waals surface area contributed by atoms with Gasteiger partial charge in [0.1, 0.15) is 0 Å². The molecule has 0 aliphatic carbocycles. The highest BCUT2D eigenvalue weighted by molar-refractivity contribution is 7.25. The van der Waals surface area contributed by atoms with Gasteiger partial charge in [-0.1, -0.05) is 20.5 Å². The van der Waals surface area contributed by atoms with E-state index in [9.17, 15) is 0 Å². The maximum atomic E-state index is 5.96. The first-order valence-electron chi connectivity index (χ1n) is 5.19. The number of nitrogens with one attached hydrogen (secondary N) is 1. The molecule has 0 aromatic heterocycles. The maximum absolute atomic E-state index is 5.96. The van der Waals surface area contributed by atoms with Crippen molar-refractivity contribution in [3.8, 4) is 0 Å². The fourth-order valence-electron chi connectivity index (χ4n) is 1.77. The Morgan fingerprint density at radius 2 is 1.40 bits per heavy atom. The molecule has 0 unspecified atom stereocenters. The van der Waals surface area contributed by atoms with E-state index in [0.29, 0.717) is 0 Å². The monoisotopic (exact) mass is 202 g/mol. The van der Waals surface area contributed by atoms with Gasteiger partial charge in [-0.2, -0.15) is 0 Å². The molecule has 1 aliphatic heterocycles. The van der Waals surface area contributed by atoms with Crippen LogP contribution in [0.3, 0.4) is 0 Å². The van der Waals surface area contributed by atoms with Crippen LogP contribution in [-0.2, 0) is 0 Å². The molecule has 1 fully saturated rings. The van der Waals surface area contributed by atoms with Crippen molar-refractivity contribution in [2.24, 2.45) is 16.9 Å². The molecule has 15 heavy (non-hydrogen) atoms. The van der Waals surface area contributed by atoms with Crippen molar-refractivity contribution in [2.45, 2.75) is 20.5 Å². The van der Waals surface area contributed by atoms with Gasteiger partial charge < -0.3 is 31.3 Å². The van der Waals surface area contributed by atoms with E-state index in [4.69, 9.17) is 16.9 Å². The minimum Gasteiger partial charge on any atom is -0.396 e. The minimum absolute atomic E-state index is 0.00810. The van der Waals surface area contributed by atoms with E-state index in [0.717, 1.165) is 0 Å². The van der Waals surface area contributed by atoms with Crippen molar-refractivity contribution in [3.63, 3.8) is 0 Å². The molecule has 7 N–H and O–H groups in total. The number of hydrogen-bond acceptors (Lipinski definition) is 6. The molecule has 0 atom stereocenters. The van der Waals surface area contributed by atoms with Crippen LogP contribution in [0.2, 0.25) is 20.5 Å². The largest absolute Gasteiger partial charge is 0.396 e. The van der Waals surface area contributed by atoms with Crippen LogP contribution in [-0.4, -0.2) is 51.9 Å². The van der Waals surface area contributed by atoms with Crippen LogP contribution in [0.1, 0.15) is 0 Å². The number of nitrogens with zero attached hydrogens (tertiary/aromatic N) is 2. The van der Waals surface area contributed by atoms with E-state index in [1.165, 1.54) is 0 Å². The van der Waals surface area contributed by atoms with Gasteiger partial charge in [0.2, 0.25) is 13.6 Å². The zero-order chi connectivity index (χ0) is 11.6. The average Bonchev–Trinajstić information content (AvgIpc) is 2.16. The zero-order valence-electron chi connectivity index (χ0n) is 9.59. The second kappa shape index (κ2) is 5.47. The molecule has 6 nitrogen and oxygen atoms in total. The second-order valence-corrected chi connectivity index (χ2v) is 4.07. The van der Waals surface area contributed by atoms with Crippen LogP contribution >= 0.6 is 0 Å². The molecule has 76 valence electrons. The number of rotatable bonds is 3. The second-order valence-electron chi connectivity index (χ2n) is 4.07. The van der Waals surface area contributed by atoms with Gasteiger partial charge in [0, 0.05) is 0 Å². The van der Waals surface area contributed by atoms with Crippen molar-refractivity contribution in [1.29, 1.82) is 0 Å². The molecular formula is C3H16B6N6. The van der Waals surface area contributed by atoms with Crippen LogP contribution < -0.4 is 22.1 Å². The summed E-state index contributed by atoms with van der Waals surface area (Å²) in [6.45, 7) is 5.51. The maximum Gasteiger partial charge on any atom is 0.280 e. The van der Waals surface area contributed by atoms with E-state index in [1.807, 2.05) is 44.8 Å². The molecule has 0 bridgehead atoms. The summed E-state index contributed by atoms with van der Waals surface area (Å²) in [5.74, 6) is 0. The molecule has 0 amide bonds. The van der Waals surface area contributed by atoms with Gasteiger partial charge in [-0.05, 0) is 0 Å². The Hall–Kier alpha value is 0.150. The molecule has 0 spiro atoms. The molecule has 1 saturated heterocycles. The topological polar surface area (TPSA) is 96.6 Å². The molecule has 0 saturated carbocycles. The SMILES string of the molecule is CB(N)B1N(B(C)N)[B]N[B]N1B(C)N. The summed E-state index contributed by atoms with van der Waals surface area (Å²) in [6.07, 6.45) is 0. The van der Waals surface area contributed by atoms with Crippen molar-refractivity contribution >= 4 is 42.7 Å². The van der Waals surface area contributed by atoms with E-state index >= 15 is 0 Å². The molecule has 12 heteroatoms. The van der Waals surface area contributed by atoms with Crippen molar-refractivity contribution in [1.82, 2.24) is 14.4 Å². The van der Waals surface area contributed by atoms with Gasteiger partial charge in [0.25, 0.3) is 29.1 Å². The summed E-state index contributed by atoms with van der Waals surface area (Å²) in [4.78, 5) is 0. The Labute approximate surface area is 95.1 Å². The quantitative estimate of drug-likeness (QED) is 0.355. The van der Waals surface area contributed by atoms with Crippen molar-refractivity contribution in [3.05, 3.63) is 0 Å². The molecule has 0 aromatic carbocycles. The van der Waals surface area contributed by atoms with Gasteiger partial charge in [-0.15, -0.1) is 0 Å². The molecular weight excluding hydrogens is 185 g/mol. The van der Waals surface area contributed by atoms with Crippen LogP contribution in [0.25, 0.3) is 0 Å². The fraction of sp³-hybridized carbons (Fsp3) is 1.00. The molecule has 1 rings (SSSR count). The Kier molecular flexibility index (Phi) is 4.82. The highest BCUT2D eigenvalue weighted by Crippen LogP contribution is 2.05. The summed E-state index contributed by atoms with van der Waals surface area (Å²) < 4.78 is 3.93. The van der Waals surface area contributed by atoms with Crippen molar-refractivity contribution < 1.29 is 0 Å². The van der Waals surface area contributed by atoms with E-state index in [1.54, 1.807) is 0 Å². The molecule has 0 aromatic rings. The third kappa shape index (κ3) is 3.05. The lowest BCUT2D eigenvalue weighted by atomic mass is 9.20. The van der Waals surface area contributed by atoms with Crippen LogP contribution in [0.15, 0.2) is 0 Å². The summed E-state index contributed by atoms with van der Waals surface area (Å²) in [7, 11) is 3.66. The third-order valence-corrected chi connectivity index (χ3v) is 2.47. The van der Waals surface area contributed by atoms with E-state index in [2.05, 4.69) is 5.14 Å². The first kappa shape index (κ1) is 13.2. The van der Waals surface area contributed by atoms with Gasteiger partial charge in [-0.25, -0.2) is 0 Å². The Balaban J connectivity index is 2.80. The Morgan fingerprint density at radius 1 is 1.00 bits per heavy atom. The van der Waals surface area contributed by atoms with Crippen molar-refractivity contribution in [2.75, 3.05) is 0 Å². The lowest BCUT2D eigenvalue weighted by Gasteiger charge is -2.45. The van der Waals surface area contributed by atoms with Crippen LogP contribution in [0.4, 0.5) is 0 Å². The summed E-state index contributed by atoms with van der Waals surface area (Å²) in [6, 6.07) is 0. The van der Waals surface area contributed by atoms with Gasteiger partial charge in [0.05, 0.1) is 0 Å².